The van der Waals surface area contributed by atoms with Crippen molar-refractivity contribution >= 4 is 33.4 Å². The monoisotopic (exact) mass is 343 g/mol. The smallest absolute Gasteiger partial charge is 0.306 e. The Bertz CT molecular complexity index is 668. The highest BCUT2D eigenvalue weighted by Gasteiger charge is 2.21. The lowest BCUT2D eigenvalue weighted by atomic mass is 10.1. The fourth-order valence-corrected chi connectivity index (χ4v) is 2.42. The molecule has 21 heavy (non-hydrogen) atoms. The van der Waals surface area contributed by atoms with Gasteiger partial charge in [-0.25, -0.2) is 9.80 Å². The third-order valence-corrected chi connectivity index (χ3v) is 3.77. The number of halogens is 1. The van der Waals surface area contributed by atoms with Crippen molar-refractivity contribution < 1.29 is 4.79 Å². The van der Waals surface area contributed by atoms with Gasteiger partial charge in [0, 0.05) is 16.6 Å². The standard InChI is InChI=1S/C16H14BrN3O/c17-13-8-6-12(7-9-13)15-10-11-20(19-15)16(21)18-14-4-2-1-3-5-14/h1-9H,10-11H2,(H,18,21). The van der Waals surface area contributed by atoms with E-state index in [1.165, 1.54) is 5.01 Å². The van der Waals surface area contributed by atoms with Gasteiger partial charge in [0.1, 0.15) is 0 Å². The van der Waals surface area contributed by atoms with E-state index in [-0.39, 0.29) is 6.03 Å². The minimum absolute atomic E-state index is 0.201. The Morgan fingerprint density at radius 3 is 2.52 bits per heavy atom. The van der Waals surface area contributed by atoms with E-state index in [0.717, 1.165) is 27.9 Å². The molecule has 0 saturated heterocycles. The topological polar surface area (TPSA) is 44.7 Å². The van der Waals surface area contributed by atoms with Crippen molar-refractivity contribution in [3.63, 3.8) is 0 Å². The number of carbonyl (C=O) groups is 1. The molecule has 0 aliphatic carbocycles. The zero-order chi connectivity index (χ0) is 14.7. The number of nitrogens with one attached hydrogen (secondary N) is 1. The number of carbonyl (C=O) groups excluding carboxylic acids is 1. The molecule has 2 aromatic carbocycles. The summed E-state index contributed by atoms with van der Waals surface area (Å²) < 4.78 is 1.03. The summed E-state index contributed by atoms with van der Waals surface area (Å²) >= 11 is 3.41. The zero-order valence-corrected chi connectivity index (χ0v) is 12.9. The first-order valence-electron chi connectivity index (χ1n) is 6.69. The maximum atomic E-state index is 12.1. The lowest BCUT2D eigenvalue weighted by Crippen LogP contribution is -2.28. The molecule has 0 atom stereocenters. The van der Waals surface area contributed by atoms with Crippen molar-refractivity contribution in [3.05, 3.63) is 64.6 Å². The van der Waals surface area contributed by atoms with Crippen molar-refractivity contribution in [2.75, 3.05) is 11.9 Å². The van der Waals surface area contributed by atoms with Crippen LogP contribution in [0.5, 0.6) is 0 Å². The number of para-hydroxylation sites is 1. The summed E-state index contributed by atoms with van der Waals surface area (Å²) in [5.74, 6) is 0. The van der Waals surface area contributed by atoms with Crippen LogP contribution < -0.4 is 5.32 Å². The van der Waals surface area contributed by atoms with E-state index >= 15 is 0 Å². The van der Waals surface area contributed by atoms with Crippen molar-refractivity contribution in [3.8, 4) is 0 Å². The average molecular weight is 344 g/mol. The quantitative estimate of drug-likeness (QED) is 0.876. The molecule has 0 radical (unpaired) electrons. The fourth-order valence-electron chi connectivity index (χ4n) is 2.16. The Kier molecular flexibility index (Phi) is 4.01. The summed E-state index contributed by atoms with van der Waals surface area (Å²) in [4.78, 5) is 12.1. The molecule has 4 nitrogen and oxygen atoms in total. The molecule has 106 valence electrons. The first-order chi connectivity index (χ1) is 10.2. The van der Waals surface area contributed by atoms with E-state index in [2.05, 4.69) is 26.3 Å². The minimum atomic E-state index is -0.201. The number of hydrogen-bond acceptors (Lipinski definition) is 2. The molecule has 0 bridgehead atoms. The van der Waals surface area contributed by atoms with Gasteiger partial charge in [-0.15, -0.1) is 0 Å². The molecule has 3 rings (SSSR count). The second-order valence-electron chi connectivity index (χ2n) is 4.72. The minimum Gasteiger partial charge on any atom is -0.306 e. The van der Waals surface area contributed by atoms with Crippen molar-refractivity contribution in [2.24, 2.45) is 5.10 Å². The van der Waals surface area contributed by atoms with Crippen molar-refractivity contribution in [1.82, 2.24) is 5.01 Å². The summed E-state index contributed by atoms with van der Waals surface area (Å²) in [6.45, 7) is 0.601. The van der Waals surface area contributed by atoms with Crippen LogP contribution in [-0.2, 0) is 0 Å². The van der Waals surface area contributed by atoms with Crippen LogP contribution in [0.2, 0.25) is 0 Å². The maximum Gasteiger partial charge on any atom is 0.342 e. The second kappa shape index (κ2) is 6.10. The predicted molar refractivity (Wildman–Crippen MR) is 87.5 cm³/mol. The molecule has 0 fully saturated rings. The number of rotatable bonds is 2. The van der Waals surface area contributed by atoms with E-state index in [9.17, 15) is 4.79 Å². The van der Waals surface area contributed by atoms with Crippen molar-refractivity contribution in [1.29, 1.82) is 0 Å². The SMILES string of the molecule is O=C(Nc1ccccc1)N1CCC(c2ccc(Br)cc2)=N1. The molecular formula is C16H14BrN3O. The number of hydrogen-bond donors (Lipinski definition) is 1. The van der Waals surface area contributed by atoms with Gasteiger partial charge >= 0.3 is 6.03 Å². The zero-order valence-electron chi connectivity index (χ0n) is 11.3. The summed E-state index contributed by atoms with van der Waals surface area (Å²) in [6, 6.07) is 17.1. The Morgan fingerprint density at radius 2 is 1.81 bits per heavy atom. The third kappa shape index (κ3) is 3.31. The molecular weight excluding hydrogens is 330 g/mol. The van der Waals surface area contributed by atoms with E-state index < -0.39 is 0 Å². The highest BCUT2D eigenvalue weighted by Crippen LogP contribution is 2.17. The van der Waals surface area contributed by atoms with Gasteiger partial charge < -0.3 is 5.32 Å². The lowest BCUT2D eigenvalue weighted by Gasteiger charge is -2.12. The molecule has 1 aliphatic rings. The van der Waals surface area contributed by atoms with Crippen LogP contribution in [0, 0.1) is 0 Å². The number of benzene rings is 2. The van der Waals surface area contributed by atoms with Crippen LogP contribution in [0.4, 0.5) is 10.5 Å². The molecule has 2 amide bonds. The Morgan fingerprint density at radius 1 is 1.10 bits per heavy atom. The first-order valence-corrected chi connectivity index (χ1v) is 7.49. The van der Waals surface area contributed by atoms with Gasteiger partial charge in [-0.2, -0.15) is 5.10 Å². The molecule has 0 spiro atoms. The van der Waals surface area contributed by atoms with Crippen molar-refractivity contribution in [2.45, 2.75) is 6.42 Å². The maximum absolute atomic E-state index is 12.1. The highest BCUT2D eigenvalue weighted by atomic mass is 79.9. The van der Waals surface area contributed by atoms with E-state index in [0.29, 0.717) is 6.54 Å². The molecule has 0 saturated carbocycles. The number of nitrogens with zero attached hydrogens (tertiary/aromatic N) is 2. The van der Waals surface area contributed by atoms with Gasteiger partial charge in [0.2, 0.25) is 0 Å². The van der Waals surface area contributed by atoms with Gasteiger partial charge in [0.15, 0.2) is 0 Å². The molecule has 1 N–H and O–H groups in total. The number of urea groups is 1. The van der Waals surface area contributed by atoms with E-state index in [1.807, 2.05) is 54.6 Å². The van der Waals surface area contributed by atoms with Gasteiger partial charge in [-0.1, -0.05) is 46.3 Å². The summed E-state index contributed by atoms with van der Waals surface area (Å²) in [7, 11) is 0. The Labute approximate surface area is 131 Å². The van der Waals surface area contributed by atoms with E-state index in [4.69, 9.17) is 0 Å². The molecule has 1 aliphatic heterocycles. The normalized spacial score (nSPS) is 14.0. The largest absolute Gasteiger partial charge is 0.342 e. The van der Waals surface area contributed by atoms with Crippen LogP contribution in [0.15, 0.2) is 64.2 Å². The average Bonchev–Trinajstić information content (AvgIpc) is 2.99. The fraction of sp³-hybridized carbons (Fsp3) is 0.125. The Balaban J connectivity index is 1.70. The van der Waals surface area contributed by atoms with Gasteiger partial charge in [-0.3, -0.25) is 0 Å². The van der Waals surface area contributed by atoms with Crippen LogP contribution in [-0.4, -0.2) is 23.3 Å². The second-order valence-corrected chi connectivity index (χ2v) is 5.64. The van der Waals surface area contributed by atoms with Gasteiger partial charge in [-0.05, 0) is 29.8 Å². The predicted octanol–water partition coefficient (Wildman–Crippen LogP) is 4.09. The van der Waals surface area contributed by atoms with E-state index in [1.54, 1.807) is 0 Å². The summed E-state index contributed by atoms with van der Waals surface area (Å²) in [5.41, 5.74) is 2.76. The number of hydrazone groups is 1. The van der Waals surface area contributed by atoms with Crippen LogP contribution in [0.3, 0.4) is 0 Å². The van der Waals surface area contributed by atoms with Gasteiger partial charge in [0.25, 0.3) is 0 Å². The summed E-state index contributed by atoms with van der Waals surface area (Å²) in [5, 5.41) is 8.72. The third-order valence-electron chi connectivity index (χ3n) is 3.24. The molecule has 0 aromatic heterocycles. The number of amides is 2. The molecule has 1 heterocycles. The highest BCUT2D eigenvalue weighted by molar-refractivity contribution is 9.10. The molecule has 5 heteroatoms. The van der Waals surface area contributed by atoms with Crippen LogP contribution >= 0.6 is 15.9 Å². The molecule has 0 unspecified atom stereocenters. The first kappa shape index (κ1) is 13.8. The number of anilines is 1. The summed E-state index contributed by atoms with van der Waals surface area (Å²) in [6.07, 6.45) is 0.768. The van der Waals surface area contributed by atoms with Gasteiger partial charge in [0.05, 0.1) is 12.3 Å². The van der Waals surface area contributed by atoms with Crippen LogP contribution in [0.25, 0.3) is 0 Å². The van der Waals surface area contributed by atoms with Crippen LogP contribution in [0.1, 0.15) is 12.0 Å². The molecule has 2 aromatic rings. The Hall–Kier alpha value is -2.14. The lowest BCUT2D eigenvalue weighted by molar-refractivity contribution is 0.219.